The van der Waals surface area contributed by atoms with E-state index in [1.165, 1.54) is 37.7 Å². The molecule has 2 rings (SSSR count). The Labute approximate surface area is 162 Å². The van der Waals surface area contributed by atoms with E-state index in [0.717, 1.165) is 24.7 Å². The van der Waals surface area contributed by atoms with Crippen molar-refractivity contribution in [2.75, 3.05) is 20.2 Å². The number of nitrogens with zero attached hydrogens (tertiary/aromatic N) is 1. The molecule has 0 aromatic heterocycles. The average molecular weight is 441 g/mol. The number of terminal acetylenes is 1. The highest BCUT2D eigenvalue weighted by atomic mass is 127. The Balaban J connectivity index is 0.00000288. The molecule has 1 saturated carbocycles. The first kappa shape index (κ1) is 20.6. The summed E-state index contributed by atoms with van der Waals surface area (Å²) in [6.45, 7) is 1.17. The summed E-state index contributed by atoms with van der Waals surface area (Å²) in [7, 11) is 1.83. The maximum absolute atomic E-state index is 5.37. The van der Waals surface area contributed by atoms with Gasteiger partial charge in [0.05, 0.1) is 0 Å². The van der Waals surface area contributed by atoms with E-state index in [-0.39, 0.29) is 24.0 Å². The van der Waals surface area contributed by atoms with E-state index in [4.69, 9.17) is 11.2 Å². The van der Waals surface area contributed by atoms with Crippen molar-refractivity contribution in [3.8, 4) is 18.1 Å². The minimum Gasteiger partial charge on any atom is -0.481 e. The van der Waals surface area contributed by atoms with Crippen LogP contribution < -0.4 is 15.4 Å². The van der Waals surface area contributed by atoms with Crippen LogP contribution >= 0.6 is 24.0 Å². The third kappa shape index (κ3) is 7.43. The summed E-state index contributed by atoms with van der Waals surface area (Å²) >= 11 is 0. The number of ether oxygens (including phenoxy) is 1. The standard InChI is InChI=1S/C19H27N3O.HI/c1-3-15-23-18-11-9-16(10-12-18)13-14-21-19(20-2)22-17-7-5-4-6-8-17;/h1,9-12,17H,4-8,13-15H2,2H3,(H2,20,21,22);1H. The van der Waals surface area contributed by atoms with Gasteiger partial charge in [-0.1, -0.05) is 37.3 Å². The minimum atomic E-state index is 0. The molecule has 0 spiro atoms. The van der Waals surface area contributed by atoms with Crippen molar-refractivity contribution in [1.29, 1.82) is 0 Å². The van der Waals surface area contributed by atoms with Crippen molar-refractivity contribution in [2.45, 2.75) is 44.6 Å². The number of hydrogen-bond acceptors (Lipinski definition) is 2. The van der Waals surface area contributed by atoms with Crippen LogP contribution in [-0.2, 0) is 6.42 Å². The monoisotopic (exact) mass is 441 g/mol. The molecule has 1 aliphatic rings. The van der Waals surface area contributed by atoms with E-state index < -0.39 is 0 Å². The molecular formula is C19H28IN3O. The molecule has 0 heterocycles. The van der Waals surface area contributed by atoms with Crippen LogP contribution in [-0.4, -0.2) is 32.2 Å². The fourth-order valence-electron chi connectivity index (χ4n) is 2.84. The quantitative estimate of drug-likeness (QED) is 0.308. The first-order chi connectivity index (χ1) is 11.3. The average Bonchev–Trinajstić information content (AvgIpc) is 2.61. The second-order valence-electron chi connectivity index (χ2n) is 5.87. The molecule has 1 fully saturated rings. The fourth-order valence-corrected chi connectivity index (χ4v) is 2.84. The molecule has 0 radical (unpaired) electrons. The summed E-state index contributed by atoms with van der Waals surface area (Å²) in [6, 6.07) is 8.64. The predicted octanol–water partition coefficient (Wildman–Crippen LogP) is 3.36. The van der Waals surface area contributed by atoms with Crippen LogP contribution in [0.3, 0.4) is 0 Å². The van der Waals surface area contributed by atoms with Crippen LogP contribution in [0, 0.1) is 12.3 Å². The number of nitrogens with one attached hydrogen (secondary N) is 2. The molecule has 1 aliphatic carbocycles. The van der Waals surface area contributed by atoms with Gasteiger partial charge in [0.2, 0.25) is 0 Å². The predicted molar refractivity (Wildman–Crippen MR) is 111 cm³/mol. The Morgan fingerprint density at radius 2 is 1.96 bits per heavy atom. The third-order valence-corrected chi connectivity index (χ3v) is 4.12. The molecule has 0 saturated heterocycles. The number of hydrogen-bond donors (Lipinski definition) is 2. The lowest BCUT2D eigenvalue weighted by molar-refractivity contribution is 0.370. The highest BCUT2D eigenvalue weighted by Gasteiger charge is 2.14. The number of benzene rings is 1. The number of rotatable bonds is 6. The Kier molecular flexibility index (Phi) is 10.3. The van der Waals surface area contributed by atoms with E-state index in [9.17, 15) is 0 Å². The van der Waals surface area contributed by atoms with Crippen molar-refractivity contribution < 1.29 is 4.74 Å². The van der Waals surface area contributed by atoms with Gasteiger partial charge in [-0.15, -0.1) is 30.4 Å². The van der Waals surface area contributed by atoms with E-state index in [1.54, 1.807) is 0 Å². The third-order valence-electron chi connectivity index (χ3n) is 4.12. The van der Waals surface area contributed by atoms with Gasteiger partial charge in [0.1, 0.15) is 12.4 Å². The number of guanidine groups is 1. The molecule has 1 aromatic rings. The van der Waals surface area contributed by atoms with Crippen molar-refractivity contribution in [2.24, 2.45) is 4.99 Å². The molecule has 0 aliphatic heterocycles. The van der Waals surface area contributed by atoms with Crippen molar-refractivity contribution in [3.05, 3.63) is 29.8 Å². The van der Waals surface area contributed by atoms with Crippen LogP contribution in [0.5, 0.6) is 5.75 Å². The van der Waals surface area contributed by atoms with Crippen molar-refractivity contribution in [1.82, 2.24) is 10.6 Å². The Hall–Kier alpha value is -1.42. The van der Waals surface area contributed by atoms with Gasteiger partial charge in [0.25, 0.3) is 0 Å². The highest BCUT2D eigenvalue weighted by Crippen LogP contribution is 2.17. The SMILES string of the molecule is C#CCOc1ccc(CCNC(=NC)NC2CCCCC2)cc1.I. The lowest BCUT2D eigenvalue weighted by atomic mass is 9.96. The van der Waals surface area contributed by atoms with Gasteiger partial charge in [0.15, 0.2) is 5.96 Å². The molecule has 24 heavy (non-hydrogen) atoms. The highest BCUT2D eigenvalue weighted by molar-refractivity contribution is 14.0. The number of aliphatic imine (C=N–C) groups is 1. The van der Waals surface area contributed by atoms with Gasteiger partial charge in [-0.05, 0) is 37.0 Å². The molecule has 0 bridgehead atoms. The van der Waals surface area contributed by atoms with Gasteiger partial charge in [0, 0.05) is 19.6 Å². The molecule has 4 nitrogen and oxygen atoms in total. The summed E-state index contributed by atoms with van der Waals surface area (Å²) in [6.07, 6.45) is 12.6. The van der Waals surface area contributed by atoms with Crippen molar-refractivity contribution in [3.63, 3.8) is 0 Å². The van der Waals surface area contributed by atoms with Gasteiger partial charge in [-0.3, -0.25) is 4.99 Å². The van der Waals surface area contributed by atoms with Gasteiger partial charge < -0.3 is 15.4 Å². The largest absolute Gasteiger partial charge is 0.481 e. The Bertz CT molecular complexity index is 531. The molecule has 0 unspecified atom stereocenters. The molecule has 2 N–H and O–H groups in total. The maximum atomic E-state index is 5.37. The normalized spacial score (nSPS) is 15.1. The zero-order chi connectivity index (χ0) is 16.3. The second-order valence-corrected chi connectivity index (χ2v) is 5.87. The Morgan fingerprint density at radius 1 is 1.25 bits per heavy atom. The van der Waals surface area contributed by atoms with E-state index in [2.05, 4.69) is 33.7 Å². The first-order valence-electron chi connectivity index (χ1n) is 8.44. The van der Waals surface area contributed by atoms with Crippen molar-refractivity contribution >= 4 is 29.9 Å². The fraction of sp³-hybridized carbons (Fsp3) is 0.526. The molecule has 132 valence electrons. The lowest BCUT2D eigenvalue weighted by Crippen LogP contribution is -2.44. The summed E-state index contributed by atoms with van der Waals surface area (Å²) < 4.78 is 5.37. The van der Waals surface area contributed by atoms with Crippen LogP contribution in [0.4, 0.5) is 0 Å². The topological polar surface area (TPSA) is 45.6 Å². The van der Waals surface area contributed by atoms with Gasteiger partial charge in [-0.25, -0.2) is 0 Å². The minimum absolute atomic E-state index is 0. The molecule has 0 amide bonds. The van der Waals surface area contributed by atoms with Crippen LogP contribution in [0.1, 0.15) is 37.7 Å². The zero-order valence-electron chi connectivity index (χ0n) is 14.4. The van der Waals surface area contributed by atoms with E-state index in [0.29, 0.717) is 12.6 Å². The first-order valence-corrected chi connectivity index (χ1v) is 8.44. The van der Waals surface area contributed by atoms with Gasteiger partial charge >= 0.3 is 0 Å². The van der Waals surface area contributed by atoms with Crippen LogP contribution in [0.15, 0.2) is 29.3 Å². The lowest BCUT2D eigenvalue weighted by Gasteiger charge is -2.24. The van der Waals surface area contributed by atoms with Gasteiger partial charge in [-0.2, -0.15) is 0 Å². The molecule has 1 aromatic carbocycles. The van der Waals surface area contributed by atoms with Crippen LogP contribution in [0.25, 0.3) is 0 Å². The van der Waals surface area contributed by atoms with E-state index >= 15 is 0 Å². The summed E-state index contributed by atoms with van der Waals surface area (Å²) in [5.41, 5.74) is 1.26. The second kappa shape index (κ2) is 12.0. The smallest absolute Gasteiger partial charge is 0.191 e. The zero-order valence-corrected chi connectivity index (χ0v) is 16.7. The Morgan fingerprint density at radius 3 is 2.58 bits per heavy atom. The van der Waals surface area contributed by atoms with E-state index in [1.807, 2.05) is 19.2 Å². The van der Waals surface area contributed by atoms with Crippen LogP contribution in [0.2, 0.25) is 0 Å². The molecule has 5 heteroatoms. The number of halogens is 1. The molecule has 0 atom stereocenters. The molecular weight excluding hydrogens is 413 g/mol. The summed E-state index contributed by atoms with van der Waals surface area (Å²) in [5.74, 6) is 4.19. The summed E-state index contributed by atoms with van der Waals surface area (Å²) in [5, 5.41) is 6.92. The summed E-state index contributed by atoms with van der Waals surface area (Å²) in [4.78, 5) is 4.32. The maximum Gasteiger partial charge on any atom is 0.191 e.